The van der Waals surface area contributed by atoms with Crippen molar-refractivity contribution in [1.29, 1.82) is 0 Å². The van der Waals surface area contributed by atoms with Crippen LogP contribution in [0.5, 0.6) is 5.75 Å². The molecule has 1 aliphatic carbocycles. The smallest absolute Gasteiger partial charge is 0.197 e. The van der Waals surface area contributed by atoms with Gasteiger partial charge in [0.1, 0.15) is 24.1 Å². The first-order valence-electron chi connectivity index (χ1n) is 8.33. The number of Topliss-reactive ketones (excluding diaryl/α,β-unsaturated/α-hetero) is 1. The molecule has 4 heteroatoms. The van der Waals surface area contributed by atoms with Crippen molar-refractivity contribution in [2.75, 3.05) is 7.11 Å². The molecule has 1 spiro atoms. The summed E-state index contributed by atoms with van der Waals surface area (Å²) in [4.78, 5) is 12.9. The quantitative estimate of drug-likeness (QED) is 0.815. The first-order chi connectivity index (χ1) is 11.7. The zero-order chi connectivity index (χ0) is 16.3. The number of methoxy groups -OCH3 is 1. The molecule has 3 aliphatic rings. The lowest BCUT2D eigenvalue weighted by molar-refractivity contribution is 0.0850. The molecule has 24 heavy (non-hydrogen) atoms. The average molecular weight is 322 g/mol. The van der Waals surface area contributed by atoms with Crippen LogP contribution in [0.2, 0.25) is 0 Å². The van der Waals surface area contributed by atoms with Gasteiger partial charge in [0.2, 0.25) is 0 Å². The fourth-order valence-electron chi connectivity index (χ4n) is 4.04. The fraction of sp³-hybridized carbons (Fsp3) is 0.350. The van der Waals surface area contributed by atoms with E-state index in [9.17, 15) is 4.79 Å². The summed E-state index contributed by atoms with van der Waals surface area (Å²) >= 11 is 0. The minimum atomic E-state index is -0.671. The second-order valence-electron chi connectivity index (χ2n) is 6.68. The highest BCUT2D eigenvalue weighted by Gasteiger charge is 2.71. The number of carbonyl (C=O) groups is 1. The summed E-state index contributed by atoms with van der Waals surface area (Å²) in [6.07, 6.45) is 1.37. The molecule has 5 rings (SSSR count). The molecule has 4 atom stereocenters. The summed E-state index contributed by atoms with van der Waals surface area (Å²) in [5, 5.41) is 0. The number of hydrogen-bond donors (Lipinski definition) is 0. The normalized spacial score (nSPS) is 33.2. The highest BCUT2D eigenvalue weighted by Crippen LogP contribution is 2.57. The van der Waals surface area contributed by atoms with Crippen LogP contribution in [0.3, 0.4) is 0 Å². The molecule has 2 saturated heterocycles. The van der Waals surface area contributed by atoms with Gasteiger partial charge in [-0.1, -0.05) is 42.5 Å². The van der Waals surface area contributed by atoms with Gasteiger partial charge in [-0.05, 0) is 24.5 Å². The fourth-order valence-corrected chi connectivity index (χ4v) is 4.04. The number of rotatable bonds is 3. The van der Waals surface area contributed by atoms with Gasteiger partial charge in [-0.15, -0.1) is 0 Å². The molecule has 0 radical (unpaired) electrons. The molecule has 0 saturated carbocycles. The molecule has 0 aromatic heterocycles. The van der Waals surface area contributed by atoms with Crippen molar-refractivity contribution in [3.05, 3.63) is 65.2 Å². The van der Waals surface area contributed by atoms with Gasteiger partial charge in [-0.3, -0.25) is 4.79 Å². The standard InChI is InChI=1S/C20H18O4/c1-22-15-9-5-4-8-14(15)16-17(23-16)19-20(24-19)11-10-12-6-2-3-7-13(12)18(20)21/h2-9,16-17,19H,10-11H2,1H3/t16-,17+,19+,20+/m1/s1. The summed E-state index contributed by atoms with van der Waals surface area (Å²) in [5.41, 5.74) is 2.29. The lowest BCUT2D eigenvalue weighted by Gasteiger charge is -2.20. The number of ketones is 1. The molecular weight excluding hydrogens is 304 g/mol. The monoisotopic (exact) mass is 322 g/mol. The molecule has 0 bridgehead atoms. The minimum absolute atomic E-state index is 0.0458. The van der Waals surface area contributed by atoms with E-state index in [4.69, 9.17) is 14.2 Å². The van der Waals surface area contributed by atoms with Crippen molar-refractivity contribution in [1.82, 2.24) is 0 Å². The number of para-hydroxylation sites is 1. The Labute approximate surface area is 140 Å². The maximum Gasteiger partial charge on any atom is 0.197 e. The van der Waals surface area contributed by atoms with E-state index in [0.717, 1.165) is 35.3 Å². The van der Waals surface area contributed by atoms with Crippen LogP contribution in [0.4, 0.5) is 0 Å². The van der Waals surface area contributed by atoms with Gasteiger partial charge in [0.15, 0.2) is 11.4 Å². The topological polar surface area (TPSA) is 51.4 Å². The molecule has 122 valence electrons. The van der Waals surface area contributed by atoms with Crippen LogP contribution in [0.25, 0.3) is 0 Å². The highest BCUT2D eigenvalue weighted by molar-refractivity contribution is 6.07. The van der Waals surface area contributed by atoms with Crippen molar-refractivity contribution in [3.8, 4) is 5.75 Å². The van der Waals surface area contributed by atoms with Crippen molar-refractivity contribution in [3.63, 3.8) is 0 Å². The molecule has 2 heterocycles. The van der Waals surface area contributed by atoms with Gasteiger partial charge < -0.3 is 14.2 Å². The molecule has 2 aliphatic heterocycles. The molecule has 2 fully saturated rings. The molecule has 0 amide bonds. The SMILES string of the molecule is COc1ccccc1[C@H]1O[C@@H]1[C@@H]1O[C@]12CCc1ccccc1C2=O. The first-order valence-corrected chi connectivity index (χ1v) is 8.33. The van der Waals surface area contributed by atoms with Crippen LogP contribution >= 0.6 is 0 Å². The summed E-state index contributed by atoms with van der Waals surface area (Å²) in [5.74, 6) is 0.934. The number of carbonyl (C=O) groups excluding carboxylic acids is 1. The zero-order valence-corrected chi connectivity index (χ0v) is 13.4. The van der Waals surface area contributed by atoms with E-state index in [2.05, 4.69) is 0 Å². The van der Waals surface area contributed by atoms with Crippen LogP contribution in [-0.4, -0.2) is 30.7 Å². The van der Waals surface area contributed by atoms with E-state index in [1.165, 1.54) is 0 Å². The number of aryl methyl sites for hydroxylation is 1. The largest absolute Gasteiger partial charge is 0.496 e. The minimum Gasteiger partial charge on any atom is -0.496 e. The Morgan fingerprint density at radius 3 is 2.79 bits per heavy atom. The Hall–Kier alpha value is -2.17. The molecule has 0 unspecified atom stereocenters. The lowest BCUT2D eigenvalue weighted by Crippen LogP contribution is -2.34. The van der Waals surface area contributed by atoms with Crippen molar-refractivity contribution >= 4 is 5.78 Å². The van der Waals surface area contributed by atoms with E-state index < -0.39 is 5.60 Å². The maximum absolute atomic E-state index is 12.9. The van der Waals surface area contributed by atoms with Crippen LogP contribution in [-0.2, 0) is 15.9 Å². The average Bonchev–Trinajstić information content (AvgIpc) is 3.53. The van der Waals surface area contributed by atoms with E-state index in [-0.39, 0.29) is 24.1 Å². The summed E-state index contributed by atoms with van der Waals surface area (Å²) in [7, 11) is 1.66. The predicted octanol–water partition coefficient (Wildman–Crippen LogP) is 3.10. The number of epoxide rings is 2. The number of hydrogen-bond acceptors (Lipinski definition) is 4. The van der Waals surface area contributed by atoms with E-state index >= 15 is 0 Å². The Morgan fingerprint density at radius 1 is 1.12 bits per heavy atom. The molecule has 2 aromatic rings. The Balaban J connectivity index is 1.38. The zero-order valence-electron chi connectivity index (χ0n) is 13.4. The predicted molar refractivity (Wildman–Crippen MR) is 87.3 cm³/mol. The summed E-state index contributed by atoms with van der Waals surface area (Å²) in [6.45, 7) is 0. The van der Waals surface area contributed by atoms with Gasteiger partial charge in [0.25, 0.3) is 0 Å². The maximum atomic E-state index is 12.9. The second-order valence-corrected chi connectivity index (χ2v) is 6.68. The number of ether oxygens (including phenoxy) is 3. The second kappa shape index (κ2) is 4.91. The van der Waals surface area contributed by atoms with Gasteiger partial charge in [0, 0.05) is 11.1 Å². The van der Waals surface area contributed by atoms with Crippen molar-refractivity contribution in [2.24, 2.45) is 0 Å². The third kappa shape index (κ3) is 1.90. The van der Waals surface area contributed by atoms with Crippen LogP contribution < -0.4 is 4.74 Å². The van der Waals surface area contributed by atoms with Gasteiger partial charge in [-0.25, -0.2) is 0 Å². The summed E-state index contributed by atoms with van der Waals surface area (Å²) in [6, 6.07) is 15.7. The molecular formula is C20H18O4. The number of benzene rings is 2. The third-order valence-electron chi connectivity index (χ3n) is 5.42. The van der Waals surface area contributed by atoms with Crippen LogP contribution in [0.1, 0.15) is 34.0 Å². The Kier molecular flexibility index (Phi) is 2.91. The van der Waals surface area contributed by atoms with Crippen molar-refractivity contribution < 1.29 is 19.0 Å². The van der Waals surface area contributed by atoms with Gasteiger partial charge >= 0.3 is 0 Å². The third-order valence-corrected chi connectivity index (χ3v) is 5.42. The van der Waals surface area contributed by atoms with Gasteiger partial charge in [0.05, 0.1) is 7.11 Å². The first kappa shape index (κ1) is 14.2. The van der Waals surface area contributed by atoms with Gasteiger partial charge in [-0.2, -0.15) is 0 Å². The lowest BCUT2D eigenvalue weighted by atomic mass is 9.79. The van der Waals surface area contributed by atoms with E-state index in [0.29, 0.717) is 0 Å². The summed E-state index contributed by atoms with van der Waals surface area (Å²) < 4.78 is 17.2. The Morgan fingerprint density at radius 2 is 1.92 bits per heavy atom. The number of fused-ring (bicyclic) bond motifs is 1. The van der Waals surface area contributed by atoms with Crippen molar-refractivity contribution in [2.45, 2.75) is 36.8 Å². The van der Waals surface area contributed by atoms with Crippen LogP contribution in [0, 0.1) is 0 Å². The molecule has 0 N–H and O–H groups in total. The van der Waals surface area contributed by atoms with Crippen LogP contribution in [0.15, 0.2) is 48.5 Å². The van der Waals surface area contributed by atoms with E-state index in [1.54, 1.807) is 7.11 Å². The Bertz CT molecular complexity index is 830. The molecule has 4 nitrogen and oxygen atoms in total. The molecule has 2 aromatic carbocycles. The highest BCUT2D eigenvalue weighted by atomic mass is 16.7. The van der Waals surface area contributed by atoms with E-state index in [1.807, 2.05) is 48.5 Å².